The van der Waals surface area contributed by atoms with E-state index >= 15 is 0 Å². The molecule has 0 fully saturated rings. The van der Waals surface area contributed by atoms with E-state index in [2.05, 4.69) is 20.8 Å². The molecule has 0 unspecified atom stereocenters. The molecule has 2 aromatic rings. The molecule has 1 aliphatic heterocycles. The lowest BCUT2D eigenvalue weighted by Crippen LogP contribution is -2.23. The van der Waals surface area contributed by atoms with Gasteiger partial charge in [0.2, 0.25) is 0 Å². The van der Waals surface area contributed by atoms with Crippen molar-refractivity contribution in [2.75, 3.05) is 11.1 Å². The van der Waals surface area contributed by atoms with Gasteiger partial charge in [-0.1, -0.05) is 23.9 Å². The Kier molecular flexibility index (Phi) is 3.64. The third kappa shape index (κ3) is 2.97. The molecular formula is C14H12N4OS. The maximum absolute atomic E-state index is 11.0. The number of hydrogen-bond donors (Lipinski definition) is 2. The highest BCUT2D eigenvalue weighted by Crippen LogP contribution is 2.18. The molecule has 0 saturated heterocycles. The molecule has 1 aromatic heterocycles. The third-order valence-corrected chi connectivity index (χ3v) is 3.58. The number of carbonyl (C=O) groups excluding carboxylic acids is 1. The molecule has 100 valence electrons. The number of rotatable bonds is 3. The van der Waals surface area contributed by atoms with E-state index < -0.39 is 0 Å². The fourth-order valence-electron chi connectivity index (χ4n) is 1.81. The van der Waals surface area contributed by atoms with Crippen LogP contribution in [0.3, 0.4) is 0 Å². The van der Waals surface area contributed by atoms with E-state index in [4.69, 9.17) is 0 Å². The van der Waals surface area contributed by atoms with Gasteiger partial charge in [-0.25, -0.2) is 5.43 Å². The van der Waals surface area contributed by atoms with Gasteiger partial charge in [0.25, 0.3) is 5.24 Å². The Labute approximate surface area is 120 Å². The summed E-state index contributed by atoms with van der Waals surface area (Å²) in [6.07, 6.45) is 3.49. The lowest BCUT2D eigenvalue weighted by atomic mass is 10.1. The van der Waals surface area contributed by atoms with Gasteiger partial charge in [0.05, 0.1) is 5.71 Å². The van der Waals surface area contributed by atoms with Crippen molar-refractivity contribution in [3.05, 3.63) is 54.4 Å². The fourth-order valence-corrected chi connectivity index (χ4v) is 2.42. The highest BCUT2D eigenvalue weighted by molar-refractivity contribution is 8.14. The molecule has 1 amide bonds. The van der Waals surface area contributed by atoms with Crippen molar-refractivity contribution in [1.29, 1.82) is 0 Å². The molecule has 0 spiro atoms. The van der Waals surface area contributed by atoms with Gasteiger partial charge in [-0.05, 0) is 29.8 Å². The van der Waals surface area contributed by atoms with Crippen LogP contribution in [0.4, 0.5) is 16.2 Å². The number of carbonyl (C=O) groups is 1. The molecule has 0 atom stereocenters. The first-order valence-corrected chi connectivity index (χ1v) is 7.07. The fraction of sp³-hybridized carbons (Fsp3) is 0.0714. The number of nitrogens with one attached hydrogen (secondary N) is 2. The largest absolute Gasteiger partial charge is 0.355 e. The van der Waals surface area contributed by atoms with Crippen molar-refractivity contribution in [2.24, 2.45) is 5.10 Å². The summed E-state index contributed by atoms with van der Waals surface area (Å²) >= 11 is 1.22. The number of hydrogen-bond acceptors (Lipinski definition) is 5. The molecule has 0 radical (unpaired) electrons. The van der Waals surface area contributed by atoms with Crippen LogP contribution in [0.1, 0.15) is 5.56 Å². The standard InChI is InChI=1S/C14H12N4OS/c19-14-18-17-13(9-20-14)10-1-3-11(4-2-10)16-12-5-7-15-8-6-12/h1-8H,9H2,(H,15,16)(H,18,19). The average molecular weight is 284 g/mol. The minimum atomic E-state index is -0.107. The van der Waals surface area contributed by atoms with Gasteiger partial charge >= 0.3 is 0 Å². The summed E-state index contributed by atoms with van der Waals surface area (Å²) in [5, 5.41) is 7.24. The summed E-state index contributed by atoms with van der Waals surface area (Å²) in [7, 11) is 0. The van der Waals surface area contributed by atoms with E-state index in [1.54, 1.807) is 12.4 Å². The van der Waals surface area contributed by atoms with Crippen LogP contribution in [0.25, 0.3) is 0 Å². The lowest BCUT2D eigenvalue weighted by Gasteiger charge is -2.12. The molecule has 3 rings (SSSR count). The molecule has 1 aliphatic rings. The normalized spacial score (nSPS) is 14.4. The molecule has 1 aromatic carbocycles. The summed E-state index contributed by atoms with van der Waals surface area (Å²) in [6.45, 7) is 0. The van der Waals surface area contributed by atoms with Crippen molar-refractivity contribution in [2.45, 2.75) is 0 Å². The van der Waals surface area contributed by atoms with Crippen LogP contribution in [0.5, 0.6) is 0 Å². The third-order valence-electron chi connectivity index (χ3n) is 2.81. The Balaban J connectivity index is 1.73. The first-order valence-electron chi connectivity index (χ1n) is 6.08. The Morgan fingerprint density at radius 2 is 1.75 bits per heavy atom. The van der Waals surface area contributed by atoms with Gasteiger partial charge in [0.15, 0.2) is 0 Å². The van der Waals surface area contributed by atoms with Crippen LogP contribution >= 0.6 is 11.8 Å². The van der Waals surface area contributed by atoms with Crippen LogP contribution in [0.15, 0.2) is 53.9 Å². The molecule has 5 nitrogen and oxygen atoms in total. The molecule has 6 heteroatoms. The van der Waals surface area contributed by atoms with Crippen molar-refractivity contribution in [3.8, 4) is 0 Å². The smallest absolute Gasteiger partial charge is 0.299 e. The zero-order chi connectivity index (χ0) is 13.8. The molecule has 0 bridgehead atoms. The van der Waals surface area contributed by atoms with E-state index in [9.17, 15) is 4.79 Å². The minimum Gasteiger partial charge on any atom is -0.355 e. The van der Waals surface area contributed by atoms with Gasteiger partial charge in [-0.2, -0.15) is 5.10 Å². The Morgan fingerprint density at radius 1 is 1.05 bits per heavy atom. The van der Waals surface area contributed by atoms with E-state index in [0.717, 1.165) is 22.6 Å². The Bertz CT molecular complexity index is 640. The highest BCUT2D eigenvalue weighted by Gasteiger charge is 2.13. The first kappa shape index (κ1) is 12.7. The summed E-state index contributed by atoms with van der Waals surface area (Å²) in [5.41, 5.74) is 6.35. The predicted octanol–water partition coefficient (Wildman–Crippen LogP) is 2.99. The number of hydrazone groups is 1. The number of anilines is 2. The molecule has 20 heavy (non-hydrogen) atoms. The summed E-state index contributed by atoms with van der Waals surface area (Å²) in [5.74, 6) is 0.600. The molecule has 2 N–H and O–H groups in total. The van der Waals surface area contributed by atoms with Crippen LogP contribution in [-0.2, 0) is 0 Å². The highest BCUT2D eigenvalue weighted by atomic mass is 32.2. The van der Waals surface area contributed by atoms with E-state index in [-0.39, 0.29) is 5.24 Å². The van der Waals surface area contributed by atoms with E-state index in [1.165, 1.54) is 11.8 Å². The second kappa shape index (κ2) is 5.75. The second-order valence-electron chi connectivity index (χ2n) is 4.18. The predicted molar refractivity (Wildman–Crippen MR) is 81.5 cm³/mol. The number of aromatic nitrogens is 1. The number of benzene rings is 1. The lowest BCUT2D eigenvalue weighted by molar-refractivity contribution is 0.261. The molecular weight excluding hydrogens is 272 g/mol. The van der Waals surface area contributed by atoms with Crippen molar-refractivity contribution in [1.82, 2.24) is 10.4 Å². The monoisotopic (exact) mass is 284 g/mol. The topological polar surface area (TPSA) is 66.4 Å². The number of amides is 1. The van der Waals surface area contributed by atoms with Crippen molar-refractivity contribution in [3.63, 3.8) is 0 Å². The van der Waals surface area contributed by atoms with Crippen molar-refractivity contribution < 1.29 is 4.79 Å². The maximum Gasteiger partial charge on any atom is 0.299 e. The van der Waals surface area contributed by atoms with Crippen LogP contribution in [-0.4, -0.2) is 21.7 Å². The SMILES string of the molecule is O=C1NN=C(c2ccc(Nc3ccncc3)cc2)CS1. The first-order chi connectivity index (χ1) is 9.81. The molecule has 2 heterocycles. The van der Waals surface area contributed by atoms with Crippen LogP contribution < -0.4 is 10.7 Å². The summed E-state index contributed by atoms with van der Waals surface area (Å²) in [4.78, 5) is 15.0. The van der Waals surface area contributed by atoms with E-state index in [1.807, 2.05) is 36.4 Å². The van der Waals surface area contributed by atoms with Gasteiger partial charge in [-0.3, -0.25) is 9.78 Å². The number of thioether (sulfide) groups is 1. The number of pyridine rings is 1. The second-order valence-corrected chi connectivity index (χ2v) is 5.13. The van der Waals surface area contributed by atoms with Gasteiger partial charge in [-0.15, -0.1) is 0 Å². The Morgan fingerprint density at radius 3 is 2.40 bits per heavy atom. The zero-order valence-electron chi connectivity index (χ0n) is 10.5. The van der Waals surface area contributed by atoms with Gasteiger partial charge in [0.1, 0.15) is 0 Å². The van der Waals surface area contributed by atoms with Crippen molar-refractivity contribution >= 4 is 34.1 Å². The zero-order valence-corrected chi connectivity index (χ0v) is 11.4. The average Bonchev–Trinajstić information content (AvgIpc) is 2.50. The Hall–Kier alpha value is -2.34. The van der Waals surface area contributed by atoms with Crippen LogP contribution in [0, 0.1) is 0 Å². The number of nitrogens with zero attached hydrogens (tertiary/aromatic N) is 2. The maximum atomic E-state index is 11.0. The van der Waals surface area contributed by atoms with E-state index in [0.29, 0.717) is 5.75 Å². The van der Waals surface area contributed by atoms with Gasteiger partial charge in [0, 0.05) is 29.5 Å². The van der Waals surface area contributed by atoms with Crippen LogP contribution in [0.2, 0.25) is 0 Å². The van der Waals surface area contributed by atoms with Gasteiger partial charge < -0.3 is 5.32 Å². The minimum absolute atomic E-state index is 0.107. The quantitative estimate of drug-likeness (QED) is 0.909. The summed E-state index contributed by atoms with van der Waals surface area (Å²) in [6, 6.07) is 11.8. The molecule has 0 aliphatic carbocycles. The molecule has 0 saturated carbocycles. The summed E-state index contributed by atoms with van der Waals surface area (Å²) < 4.78 is 0.